The van der Waals surface area contributed by atoms with E-state index in [4.69, 9.17) is 0 Å². The van der Waals surface area contributed by atoms with E-state index >= 15 is 0 Å². The van der Waals surface area contributed by atoms with E-state index in [1.54, 1.807) is 0 Å². The van der Waals surface area contributed by atoms with Gasteiger partial charge in [0.1, 0.15) is 0 Å². The molecule has 0 saturated carbocycles. The van der Waals surface area contributed by atoms with Gasteiger partial charge in [-0.15, -0.1) is 0 Å². The molecule has 0 amide bonds. The largest absolute Gasteiger partial charge is 0.301 e. The minimum Gasteiger partial charge on any atom is -0.271 e. The molecule has 0 spiro atoms. The molecule has 0 aromatic heterocycles. The number of piperidine rings is 1. The highest BCUT2D eigenvalue weighted by atomic mass is 32.2. The third-order valence-electron chi connectivity index (χ3n) is 4.11. The molecule has 122 valence electrons. The zero-order valence-corrected chi connectivity index (χ0v) is 13.9. The van der Waals surface area contributed by atoms with Gasteiger partial charge < -0.3 is 0 Å². The maximum absolute atomic E-state index is 12.3. The van der Waals surface area contributed by atoms with Crippen LogP contribution in [0.1, 0.15) is 30.4 Å². The molecule has 5 heteroatoms. The van der Waals surface area contributed by atoms with Crippen LogP contribution >= 0.6 is 0 Å². The van der Waals surface area contributed by atoms with E-state index < -0.39 is 10.2 Å². The number of hydrogen-bond acceptors (Lipinski definition) is 2. The van der Waals surface area contributed by atoms with Gasteiger partial charge in [-0.05, 0) is 42.5 Å². The van der Waals surface area contributed by atoms with E-state index in [0.717, 1.165) is 31.2 Å². The predicted octanol–water partition coefficient (Wildman–Crippen LogP) is 3.42. The van der Waals surface area contributed by atoms with Gasteiger partial charge >= 0.3 is 10.2 Å². The van der Waals surface area contributed by atoms with Crippen LogP contribution in [-0.4, -0.2) is 25.8 Å². The highest BCUT2D eigenvalue weighted by Gasteiger charge is 2.23. The molecule has 3 rings (SSSR count). The number of rotatable bonds is 5. The maximum atomic E-state index is 12.3. The number of hydrogen-bond donors (Lipinski definition) is 1. The molecule has 23 heavy (non-hydrogen) atoms. The van der Waals surface area contributed by atoms with Crippen LogP contribution in [0.25, 0.3) is 0 Å². The Labute approximate surface area is 138 Å². The van der Waals surface area contributed by atoms with Crippen LogP contribution < -0.4 is 4.72 Å². The molecule has 0 atom stereocenters. The first-order chi connectivity index (χ1) is 11.1. The van der Waals surface area contributed by atoms with Crippen molar-refractivity contribution in [1.29, 1.82) is 0 Å². The second-order valence-electron chi connectivity index (χ2n) is 5.93. The monoisotopic (exact) mass is 330 g/mol. The summed E-state index contributed by atoms with van der Waals surface area (Å²) in [7, 11) is -3.42. The normalized spacial score (nSPS) is 16.2. The standard InChI is InChI=1S/C18H22N2O2S/c21-23(22,20-13-5-2-6-14-20)19-18-11-9-17(10-12-18)15-16-7-3-1-4-8-16/h1,3-4,7-12,19H,2,5-6,13-15H2. The van der Waals surface area contributed by atoms with E-state index in [0.29, 0.717) is 18.8 Å². The molecule has 0 bridgehead atoms. The fourth-order valence-corrected chi connectivity index (χ4v) is 4.14. The number of nitrogens with one attached hydrogen (secondary N) is 1. The van der Waals surface area contributed by atoms with E-state index in [1.165, 1.54) is 9.87 Å². The van der Waals surface area contributed by atoms with Crippen LogP contribution in [0, 0.1) is 0 Å². The average molecular weight is 330 g/mol. The minimum absolute atomic E-state index is 0.613. The summed E-state index contributed by atoms with van der Waals surface area (Å²) in [5.74, 6) is 0. The Morgan fingerprint density at radius 3 is 2.09 bits per heavy atom. The summed E-state index contributed by atoms with van der Waals surface area (Å²) in [4.78, 5) is 0. The third kappa shape index (κ3) is 4.33. The van der Waals surface area contributed by atoms with E-state index in [-0.39, 0.29) is 0 Å². The van der Waals surface area contributed by atoms with E-state index in [9.17, 15) is 8.42 Å². The fraction of sp³-hybridized carbons (Fsp3) is 0.333. The van der Waals surface area contributed by atoms with Crippen LogP contribution in [0.4, 0.5) is 5.69 Å². The molecule has 1 fully saturated rings. The van der Waals surface area contributed by atoms with Gasteiger partial charge in [0, 0.05) is 18.8 Å². The summed E-state index contributed by atoms with van der Waals surface area (Å²) < 4.78 is 28.9. The Kier molecular flexibility index (Phi) is 4.98. The molecule has 2 aromatic carbocycles. The highest BCUT2D eigenvalue weighted by molar-refractivity contribution is 7.90. The van der Waals surface area contributed by atoms with Crippen molar-refractivity contribution in [3.05, 3.63) is 65.7 Å². The van der Waals surface area contributed by atoms with Crippen LogP contribution in [0.3, 0.4) is 0 Å². The zero-order chi connectivity index (χ0) is 16.1. The predicted molar refractivity (Wildman–Crippen MR) is 93.7 cm³/mol. The van der Waals surface area contributed by atoms with Crippen molar-refractivity contribution in [2.45, 2.75) is 25.7 Å². The van der Waals surface area contributed by atoms with Crippen molar-refractivity contribution in [2.75, 3.05) is 17.8 Å². The zero-order valence-electron chi connectivity index (χ0n) is 13.1. The summed E-state index contributed by atoms with van der Waals surface area (Å²) in [6.07, 6.45) is 3.84. The lowest BCUT2D eigenvalue weighted by Gasteiger charge is -2.26. The Bertz CT molecular complexity index is 721. The molecule has 0 aliphatic carbocycles. The molecule has 1 saturated heterocycles. The first-order valence-corrected chi connectivity index (χ1v) is 9.48. The highest BCUT2D eigenvalue weighted by Crippen LogP contribution is 2.18. The Balaban J connectivity index is 1.65. The lowest BCUT2D eigenvalue weighted by atomic mass is 10.1. The maximum Gasteiger partial charge on any atom is 0.301 e. The van der Waals surface area contributed by atoms with Crippen molar-refractivity contribution in [1.82, 2.24) is 4.31 Å². The summed E-state index contributed by atoms with van der Waals surface area (Å²) in [5.41, 5.74) is 3.03. The van der Waals surface area contributed by atoms with Crippen LogP contribution in [0.2, 0.25) is 0 Å². The lowest BCUT2D eigenvalue weighted by molar-refractivity contribution is 0.349. The smallest absolute Gasteiger partial charge is 0.271 e. The van der Waals surface area contributed by atoms with Crippen molar-refractivity contribution in [3.63, 3.8) is 0 Å². The van der Waals surface area contributed by atoms with E-state index in [2.05, 4.69) is 16.9 Å². The first-order valence-electron chi connectivity index (χ1n) is 8.04. The van der Waals surface area contributed by atoms with Gasteiger partial charge in [0.05, 0.1) is 0 Å². The summed E-state index contributed by atoms with van der Waals surface area (Å²) >= 11 is 0. The van der Waals surface area contributed by atoms with Gasteiger partial charge in [-0.3, -0.25) is 4.72 Å². The van der Waals surface area contributed by atoms with Gasteiger partial charge in [0.25, 0.3) is 0 Å². The molecular weight excluding hydrogens is 308 g/mol. The number of anilines is 1. The summed E-state index contributed by atoms with van der Waals surface area (Å²) in [6, 6.07) is 17.8. The van der Waals surface area contributed by atoms with Crippen molar-refractivity contribution < 1.29 is 8.42 Å². The van der Waals surface area contributed by atoms with Crippen molar-refractivity contribution in [3.8, 4) is 0 Å². The van der Waals surface area contributed by atoms with Crippen LogP contribution in [0.5, 0.6) is 0 Å². The second-order valence-corrected chi connectivity index (χ2v) is 7.60. The van der Waals surface area contributed by atoms with Gasteiger partial charge in [-0.1, -0.05) is 48.9 Å². The molecule has 2 aromatic rings. The Hall–Kier alpha value is -1.85. The molecule has 1 heterocycles. The summed E-state index contributed by atoms with van der Waals surface area (Å²) in [5, 5.41) is 0. The average Bonchev–Trinajstić information content (AvgIpc) is 2.58. The van der Waals surface area contributed by atoms with Crippen molar-refractivity contribution in [2.24, 2.45) is 0 Å². The number of benzene rings is 2. The van der Waals surface area contributed by atoms with Gasteiger partial charge in [0.15, 0.2) is 0 Å². The Morgan fingerprint density at radius 1 is 0.826 bits per heavy atom. The quantitative estimate of drug-likeness (QED) is 0.913. The molecule has 4 nitrogen and oxygen atoms in total. The minimum atomic E-state index is -3.42. The molecule has 1 N–H and O–H groups in total. The fourth-order valence-electron chi connectivity index (χ4n) is 2.84. The number of nitrogens with zero attached hydrogens (tertiary/aromatic N) is 1. The van der Waals surface area contributed by atoms with Gasteiger partial charge in [-0.2, -0.15) is 12.7 Å². The lowest BCUT2D eigenvalue weighted by Crippen LogP contribution is -2.39. The second kappa shape index (κ2) is 7.15. The molecule has 0 radical (unpaired) electrons. The molecule has 1 aliphatic heterocycles. The van der Waals surface area contributed by atoms with Gasteiger partial charge in [0.2, 0.25) is 0 Å². The van der Waals surface area contributed by atoms with Crippen molar-refractivity contribution >= 4 is 15.9 Å². The van der Waals surface area contributed by atoms with Gasteiger partial charge in [-0.25, -0.2) is 0 Å². The SMILES string of the molecule is O=S(=O)(Nc1ccc(Cc2ccccc2)cc1)N1CCCCC1. The van der Waals surface area contributed by atoms with E-state index in [1.807, 2.05) is 42.5 Å². The molecular formula is C18H22N2O2S. The first kappa shape index (κ1) is 16.0. The molecule has 1 aliphatic rings. The molecule has 0 unspecified atom stereocenters. The van der Waals surface area contributed by atoms with Crippen LogP contribution in [0.15, 0.2) is 54.6 Å². The third-order valence-corrected chi connectivity index (χ3v) is 5.65. The Morgan fingerprint density at radius 2 is 1.43 bits per heavy atom. The summed E-state index contributed by atoms with van der Waals surface area (Å²) in [6.45, 7) is 1.23. The van der Waals surface area contributed by atoms with Crippen LogP contribution in [-0.2, 0) is 16.6 Å². The topological polar surface area (TPSA) is 49.4 Å².